The third kappa shape index (κ3) is 4.67. The lowest BCUT2D eigenvalue weighted by molar-refractivity contribution is -0.132. The summed E-state index contributed by atoms with van der Waals surface area (Å²) in [5.74, 6) is 1.17. The number of nitrogens with zero attached hydrogens (tertiary/aromatic N) is 2. The highest BCUT2D eigenvalue weighted by Crippen LogP contribution is 2.40. The highest BCUT2D eigenvalue weighted by Gasteiger charge is 2.34. The summed E-state index contributed by atoms with van der Waals surface area (Å²) >= 11 is 0. The van der Waals surface area contributed by atoms with Gasteiger partial charge >= 0.3 is 0 Å². The van der Waals surface area contributed by atoms with E-state index in [1.54, 1.807) is 6.07 Å². The normalized spacial score (nSPS) is 21.8. The molecule has 7 heteroatoms. The van der Waals surface area contributed by atoms with E-state index < -0.39 is 0 Å². The zero-order valence-electron chi connectivity index (χ0n) is 16.5. The molecule has 2 atom stereocenters. The van der Waals surface area contributed by atoms with Crippen molar-refractivity contribution in [1.82, 2.24) is 15.4 Å². The minimum Gasteiger partial charge on any atom is -0.360 e. The maximum atomic E-state index is 12.8. The minimum atomic E-state index is -0.213. The molecule has 2 heterocycles. The second-order valence-electron chi connectivity index (χ2n) is 8.01. The molecule has 3 N–H and O–H groups in total. The van der Waals surface area contributed by atoms with Crippen molar-refractivity contribution in [3.05, 3.63) is 53.4 Å². The zero-order chi connectivity index (χ0) is 20.2. The van der Waals surface area contributed by atoms with Gasteiger partial charge in [0.05, 0.1) is 0 Å². The molecule has 154 valence electrons. The van der Waals surface area contributed by atoms with Crippen molar-refractivity contribution in [2.24, 2.45) is 5.73 Å². The van der Waals surface area contributed by atoms with Crippen LogP contribution in [0.3, 0.4) is 0 Å². The van der Waals surface area contributed by atoms with Gasteiger partial charge in [-0.1, -0.05) is 35.5 Å². The molecule has 1 unspecified atom stereocenters. The van der Waals surface area contributed by atoms with Crippen molar-refractivity contribution in [2.75, 3.05) is 19.6 Å². The molecule has 1 aliphatic heterocycles. The van der Waals surface area contributed by atoms with Gasteiger partial charge in [-0.3, -0.25) is 9.59 Å². The van der Waals surface area contributed by atoms with Crippen LogP contribution in [0.25, 0.3) is 0 Å². The number of nitrogens with two attached hydrogens (primary N) is 1. The second-order valence-corrected chi connectivity index (χ2v) is 8.01. The van der Waals surface area contributed by atoms with Crippen LogP contribution in [0, 0.1) is 0 Å². The number of carbonyl (C=O) groups is 2. The van der Waals surface area contributed by atoms with Gasteiger partial charge in [0.1, 0.15) is 5.76 Å². The lowest BCUT2D eigenvalue weighted by Gasteiger charge is -2.39. The first-order chi connectivity index (χ1) is 14.2. The molecule has 2 amide bonds. The van der Waals surface area contributed by atoms with E-state index in [4.69, 9.17) is 10.3 Å². The molecule has 1 saturated carbocycles. The van der Waals surface area contributed by atoms with E-state index >= 15 is 0 Å². The van der Waals surface area contributed by atoms with E-state index in [2.05, 4.69) is 22.6 Å². The number of rotatable bonds is 7. The molecule has 1 aromatic heterocycles. The van der Waals surface area contributed by atoms with Gasteiger partial charge in [-0.05, 0) is 37.8 Å². The first-order valence-electron chi connectivity index (χ1n) is 10.5. The Morgan fingerprint density at radius 1 is 1.21 bits per heavy atom. The average molecular weight is 396 g/mol. The SMILES string of the molecule is NCCCC(=O)N1CC[C@H](NC(=O)c2cc(C3CC3)on2)C(c2ccccc2)C1. The highest BCUT2D eigenvalue weighted by atomic mass is 16.5. The molecule has 0 bridgehead atoms. The molecule has 29 heavy (non-hydrogen) atoms. The van der Waals surface area contributed by atoms with E-state index in [0.29, 0.717) is 50.5 Å². The largest absolute Gasteiger partial charge is 0.360 e. The second kappa shape index (κ2) is 8.78. The van der Waals surface area contributed by atoms with Crippen molar-refractivity contribution >= 4 is 11.8 Å². The van der Waals surface area contributed by atoms with Crippen molar-refractivity contribution in [3.63, 3.8) is 0 Å². The van der Waals surface area contributed by atoms with Crippen LogP contribution in [0.4, 0.5) is 0 Å². The van der Waals surface area contributed by atoms with Crippen LogP contribution in [0.5, 0.6) is 0 Å². The molecule has 4 rings (SSSR count). The number of nitrogens with one attached hydrogen (secondary N) is 1. The topological polar surface area (TPSA) is 101 Å². The maximum Gasteiger partial charge on any atom is 0.273 e. The Bertz CT molecular complexity index is 847. The van der Waals surface area contributed by atoms with Crippen LogP contribution in [-0.4, -0.2) is 47.5 Å². The van der Waals surface area contributed by atoms with Crippen LogP contribution < -0.4 is 11.1 Å². The van der Waals surface area contributed by atoms with Gasteiger partial charge in [-0.15, -0.1) is 0 Å². The number of hydrogen-bond donors (Lipinski definition) is 2. The van der Waals surface area contributed by atoms with Crippen LogP contribution in [0.1, 0.15) is 65.8 Å². The molecule has 1 saturated heterocycles. The first kappa shape index (κ1) is 19.6. The number of likely N-dealkylation sites (tertiary alicyclic amines) is 1. The average Bonchev–Trinajstić information content (AvgIpc) is 3.49. The molecule has 2 aliphatic rings. The number of piperidine rings is 1. The van der Waals surface area contributed by atoms with Crippen molar-refractivity contribution < 1.29 is 14.1 Å². The Morgan fingerprint density at radius 3 is 2.72 bits per heavy atom. The smallest absolute Gasteiger partial charge is 0.273 e. The monoisotopic (exact) mass is 396 g/mol. The summed E-state index contributed by atoms with van der Waals surface area (Å²) in [6.45, 7) is 1.73. The third-order valence-electron chi connectivity index (χ3n) is 5.85. The molecule has 2 fully saturated rings. The Balaban J connectivity index is 1.47. The molecule has 2 aromatic rings. The summed E-state index contributed by atoms with van der Waals surface area (Å²) in [6, 6.07) is 11.8. The van der Waals surface area contributed by atoms with Gasteiger partial charge in [0.2, 0.25) is 5.91 Å². The number of benzene rings is 1. The van der Waals surface area contributed by atoms with Crippen LogP contribution in [0.2, 0.25) is 0 Å². The predicted octanol–water partition coefficient (Wildman–Crippen LogP) is 2.41. The summed E-state index contributed by atoms with van der Waals surface area (Å²) < 4.78 is 5.32. The van der Waals surface area contributed by atoms with E-state index in [-0.39, 0.29) is 23.8 Å². The fraction of sp³-hybridized carbons (Fsp3) is 0.500. The number of aromatic nitrogens is 1. The van der Waals surface area contributed by atoms with Crippen LogP contribution in [-0.2, 0) is 4.79 Å². The molecular weight excluding hydrogens is 368 g/mol. The standard InChI is InChI=1S/C22H28N4O3/c23-11-4-7-21(27)26-12-10-18(17(14-26)15-5-2-1-3-6-15)24-22(28)19-13-20(29-25-19)16-8-9-16/h1-3,5-6,13,16-18H,4,7-12,14,23H2,(H,24,28)/t17?,18-/m0/s1. The van der Waals surface area contributed by atoms with Crippen molar-refractivity contribution in [3.8, 4) is 0 Å². The lowest BCUT2D eigenvalue weighted by Crippen LogP contribution is -2.51. The van der Waals surface area contributed by atoms with Crippen LogP contribution >= 0.6 is 0 Å². The van der Waals surface area contributed by atoms with Crippen LogP contribution in [0.15, 0.2) is 40.9 Å². The number of hydrogen-bond acceptors (Lipinski definition) is 5. The first-order valence-corrected chi connectivity index (χ1v) is 10.5. The summed E-state index contributed by atoms with van der Waals surface area (Å²) in [6.07, 6.45) is 4.07. The van der Waals surface area contributed by atoms with E-state index in [0.717, 1.165) is 24.2 Å². The van der Waals surface area contributed by atoms with Gasteiger partial charge in [0, 0.05) is 43.5 Å². The zero-order valence-corrected chi connectivity index (χ0v) is 16.5. The van der Waals surface area contributed by atoms with E-state index in [1.807, 2.05) is 23.1 Å². The Hall–Kier alpha value is -2.67. The van der Waals surface area contributed by atoms with Crippen molar-refractivity contribution in [1.29, 1.82) is 0 Å². The third-order valence-corrected chi connectivity index (χ3v) is 5.85. The maximum absolute atomic E-state index is 12.8. The van der Waals surface area contributed by atoms with E-state index in [1.165, 1.54) is 0 Å². The van der Waals surface area contributed by atoms with Gasteiger partial charge in [-0.2, -0.15) is 0 Å². The molecule has 1 aliphatic carbocycles. The fourth-order valence-corrected chi connectivity index (χ4v) is 4.00. The molecule has 0 spiro atoms. The molecule has 0 radical (unpaired) electrons. The molecular formula is C22H28N4O3. The Labute approximate surface area is 170 Å². The van der Waals surface area contributed by atoms with Gasteiger partial charge < -0.3 is 20.5 Å². The molecule has 1 aromatic carbocycles. The van der Waals surface area contributed by atoms with Gasteiger partial charge in [0.25, 0.3) is 5.91 Å². The summed E-state index contributed by atoms with van der Waals surface area (Å²) in [7, 11) is 0. The number of carbonyl (C=O) groups excluding carboxylic acids is 2. The van der Waals surface area contributed by atoms with Crippen molar-refractivity contribution in [2.45, 2.75) is 50.0 Å². The summed E-state index contributed by atoms with van der Waals surface area (Å²) in [5, 5.41) is 7.09. The van der Waals surface area contributed by atoms with E-state index in [9.17, 15) is 9.59 Å². The predicted molar refractivity (Wildman–Crippen MR) is 108 cm³/mol. The Morgan fingerprint density at radius 2 is 2.00 bits per heavy atom. The number of amides is 2. The molecule has 7 nitrogen and oxygen atoms in total. The highest BCUT2D eigenvalue weighted by molar-refractivity contribution is 5.92. The minimum absolute atomic E-state index is 0.0329. The summed E-state index contributed by atoms with van der Waals surface area (Å²) in [4.78, 5) is 27.2. The lowest BCUT2D eigenvalue weighted by atomic mass is 9.85. The fourth-order valence-electron chi connectivity index (χ4n) is 4.00. The Kier molecular flexibility index (Phi) is 5.94. The van der Waals surface area contributed by atoms with Gasteiger partial charge in [-0.25, -0.2) is 0 Å². The summed E-state index contributed by atoms with van der Waals surface area (Å²) in [5.41, 5.74) is 7.00. The van der Waals surface area contributed by atoms with Gasteiger partial charge in [0.15, 0.2) is 5.69 Å². The quantitative estimate of drug-likeness (QED) is 0.748.